The van der Waals surface area contributed by atoms with Gasteiger partial charge in [0, 0.05) is 4.90 Å². The molecule has 0 amide bonds. The van der Waals surface area contributed by atoms with E-state index in [2.05, 4.69) is 0 Å². The van der Waals surface area contributed by atoms with Gasteiger partial charge in [-0.1, -0.05) is 13.0 Å². The van der Waals surface area contributed by atoms with Gasteiger partial charge in [-0.15, -0.1) is 11.8 Å². The van der Waals surface area contributed by atoms with Crippen LogP contribution in [0.4, 0.5) is 0 Å². The normalized spacial score (nSPS) is 10.1. The molecule has 0 atom stereocenters. The number of ether oxygens (including phenoxy) is 1. The van der Waals surface area contributed by atoms with Crippen molar-refractivity contribution in [2.45, 2.75) is 25.2 Å². The Labute approximate surface area is 110 Å². The topological polar surface area (TPSA) is 63.6 Å². The summed E-state index contributed by atoms with van der Waals surface area (Å²) in [5.41, 5.74) is 1.18. The molecule has 0 aliphatic rings. The molecule has 0 spiro atoms. The van der Waals surface area contributed by atoms with Crippen LogP contribution in [-0.4, -0.2) is 29.4 Å². The fourth-order valence-corrected chi connectivity index (χ4v) is 2.34. The van der Waals surface area contributed by atoms with Gasteiger partial charge in [0.2, 0.25) is 0 Å². The zero-order valence-electron chi connectivity index (χ0n) is 10.4. The molecule has 5 heteroatoms. The Morgan fingerprint density at radius 1 is 1.33 bits per heavy atom. The van der Waals surface area contributed by atoms with Gasteiger partial charge in [0.25, 0.3) is 0 Å². The lowest BCUT2D eigenvalue weighted by Crippen LogP contribution is -2.07. The molecule has 0 saturated heterocycles. The fraction of sp³-hybridized carbons (Fsp3) is 0.385. The molecule has 1 rings (SSSR count). The summed E-state index contributed by atoms with van der Waals surface area (Å²) >= 11 is 1.52. The smallest absolute Gasteiger partial charge is 0.338 e. The van der Waals surface area contributed by atoms with Crippen molar-refractivity contribution in [2.24, 2.45) is 0 Å². The number of carboxylic acids is 1. The molecule has 1 aromatic carbocycles. The summed E-state index contributed by atoms with van der Waals surface area (Å²) in [5.74, 6) is -0.437. The molecule has 0 radical (unpaired) electrons. The zero-order valence-corrected chi connectivity index (χ0v) is 11.3. The van der Waals surface area contributed by atoms with Crippen molar-refractivity contribution in [1.29, 1.82) is 0 Å². The maximum atomic E-state index is 11.6. The van der Waals surface area contributed by atoms with Crippen molar-refractivity contribution in [3.63, 3.8) is 0 Å². The van der Waals surface area contributed by atoms with Crippen molar-refractivity contribution in [3.05, 3.63) is 29.3 Å². The third kappa shape index (κ3) is 4.07. The minimum Gasteiger partial charge on any atom is -0.481 e. The van der Waals surface area contributed by atoms with Crippen molar-refractivity contribution < 1.29 is 19.4 Å². The Kier molecular flexibility index (Phi) is 5.71. The van der Waals surface area contributed by atoms with Gasteiger partial charge in [0.15, 0.2) is 0 Å². The van der Waals surface area contributed by atoms with Gasteiger partial charge in [-0.05, 0) is 30.4 Å². The molecule has 0 aliphatic heterocycles. The van der Waals surface area contributed by atoms with Gasteiger partial charge in [-0.2, -0.15) is 0 Å². The molecule has 98 valence electrons. The van der Waals surface area contributed by atoms with Crippen molar-refractivity contribution in [2.75, 3.05) is 12.4 Å². The predicted molar refractivity (Wildman–Crippen MR) is 70.1 cm³/mol. The van der Waals surface area contributed by atoms with Crippen LogP contribution in [-0.2, 0) is 16.0 Å². The summed E-state index contributed by atoms with van der Waals surface area (Å²) < 4.78 is 4.92. The van der Waals surface area contributed by atoms with Crippen molar-refractivity contribution in [1.82, 2.24) is 0 Å². The maximum Gasteiger partial charge on any atom is 0.338 e. The largest absolute Gasteiger partial charge is 0.481 e. The highest BCUT2D eigenvalue weighted by molar-refractivity contribution is 7.99. The Morgan fingerprint density at radius 3 is 2.61 bits per heavy atom. The summed E-state index contributed by atoms with van der Waals surface area (Å²) in [4.78, 5) is 23.2. The van der Waals surface area contributed by atoms with Crippen LogP contribution in [0.1, 0.15) is 29.8 Å². The van der Waals surface area contributed by atoms with Crippen LogP contribution in [0.5, 0.6) is 0 Å². The fourth-order valence-electron chi connectivity index (χ4n) is 1.49. The van der Waals surface area contributed by atoms with Crippen LogP contribution in [0.3, 0.4) is 0 Å². The zero-order chi connectivity index (χ0) is 13.5. The molecule has 1 N–H and O–H groups in total. The van der Waals surface area contributed by atoms with E-state index in [1.165, 1.54) is 11.8 Å². The van der Waals surface area contributed by atoms with Crippen LogP contribution >= 0.6 is 11.8 Å². The average Bonchev–Trinajstić information content (AvgIpc) is 2.31. The molecule has 0 bridgehead atoms. The minimum atomic E-state index is -0.878. The van der Waals surface area contributed by atoms with Crippen molar-refractivity contribution >= 4 is 23.7 Å². The Bertz CT molecular complexity index is 443. The van der Waals surface area contributed by atoms with Crippen molar-refractivity contribution in [3.8, 4) is 0 Å². The first kappa shape index (κ1) is 14.6. The first-order valence-electron chi connectivity index (χ1n) is 5.73. The summed E-state index contributed by atoms with van der Waals surface area (Å²) in [6, 6.07) is 4.98. The van der Waals surface area contributed by atoms with E-state index < -0.39 is 5.97 Å². The monoisotopic (exact) mass is 268 g/mol. The van der Waals surface area contributed by atoms with Crippen LogP contribution in [0.2, 0.25) is 0 Å². The first-order chi connectivity index (χ1) is 8.58. The summed E-state index contributed by atoms with van der Waals surface area (Å²) in [6.45, 7) is 4.05. The van der Waals surface area contributed by atoms with E-state index in [0.29, 0.717) is 12.2 Å². The van der Waals surface area contributed by atoms with Gasteiger partial charge in [-0.3, -0.25) is 4.79 Å². The van der Waals surface area contributed by atoms with E-state index in [0.717, 1.165) is 16.2 Å². The molecule has 1 aromatic rings. The second-order valence-electron chi connectivity index (χ2n) is 3.55. The first-order valence-corrected chi connectivity index (χ1v) is 6.71. The average molecular weight is 268 g/mol. The minimum absolute atomic E-state index is 0.0363. The van der Waals surface area contributed by atoms with Gasteiger partial charge >= 0.3 is 11.9 Å². The van der Waals surface area contributed by atoms with Crippen LogP contribution in [0, 0.1) is 0 Å². The number of rotatable bonds is 6. The van der Waals surface area contributed by atoms with Gasteiger partial charge in [0.1, 0.15) is 0 Å². The maximum absolute atomic E-state index is 11.6. The van der Waals surface area contributed by atoms with Crippen LogP contribution in [0.15, 0.2) is 23.1 Å². The summed E-state index contributed by atoms with van der Waals surface area (Å²) in [5, 5.41) is 8.82. The van der Waals surface area contributed by atoms with E-state index in [1.54, 1.807) is 25.1 Å². The second kappa shape index (κ2) is 7.06. The number of carbonyl (C=O) groups excluding carboxylic acids is 1. The highest BCUT2D eigenvalue weighted by Crippen LogP contribution is 2.25. The third-order valence-corrected chi connectivity index (χ3v) is 3.20. The van der Waals surface area contributed by atoms with E-state index >= 15 is 0 Å². The lowest BCUT2D eigenvalue weighted by Gasteiger charge is -2.09. The molecule has 18 heavy (non-hydrogen) atoms. The number of benzene rings is 1. The quantitative estimate of drug-likeness (QED) is 0.634. The van der Waals surface area contributed by atoms with E-state index in [-0.39, 0.29) is 12.4 Å². The summed E-state index contributed by atoms with van der Waals surface area (Å²) in [7, 11) is 0. The van der Waals surface area contributed by atoms with E-state index in [4.69, 9.17) is 9.84 Å². The Morgan fingerprint density at radius 2 is 2.06 bits per heavy atom. The molecule has 0 saturated carbocycles. The Hall–Kier alpha value is -1.49. The van der Waals surface area contributed by atoms with Crippen LogP contribution in [0.25, 0.3) is 0 Å². The predicted octanol–water partition coefficient (Wildman–Crippen LogP) is 2.60. The molecule has 0 unspecified atom stereocenters. The second-order valence-corrected chi connectivity index (χ2v) is 4.85. The van der Waals surface area contributed by atoms with E-state index in [1.807, 2.05) is 6.92 Å². The van der Waals surface area contributed by atoms with Gasteiger partial charge in [0.05, 0.1) is 18.6 Å². The highest BCUT2D eigenvalue weighted by atomic mass is 32.2. The highest BCUT2D eigenvalue weighted by Gasteiger charge is 2.12. The molecule has 0 fully saturated rings. The molecule has 0 aliphatic carbocycles. The molecular formula is C13H16O4S. The Balaban J connectivity index is 3.02. The number of aliphatic carboxylic acids is 1. The number of carboxylic acid groups (broad SMARTS) is 1. The lowest BCUT2D eigenvalue weighted by atomic mass is 10.1. The third-order valence-electron chi connectivity index (χ3n) is 2.22. The molecule has 0 aromatic heterocycles. The van der Waals surface area contributed by atoms with E-state index in [9.17, 15) is 9.59 Å². The number of hydrogen-bond donors (Lipinski definition) is 1. The molecular weight excluding hydrogens is 252 g/mol. The van der Waals surface area contributed by atoms with Crippen LogP contribution < -0.4 is 0 Å². The number of hydrogen-bond acceptors (Lipinski definition) is 4. The number of thioether (sulfide) groups is 1. The molecule has 0 heterocycles. The number of esters is 1. The van der Waals surface area contributed by atoms with Gasteiger partial charge < -0.3 is 9.84 Å². The SMILES string of the molecule is CCOC(=O)c1ccc(CC(=O)O)c(SCC)c1. The number of carbonyl (C=O) groups is 2. The molecule has 4 nitrogen and oxygen atoms in total. The van der Waals surface area contributed by atoms with Gasteiger partial charge in [-0.25, -0.2) is 4.79 Å². The standard InChI is InChI=1S/C13H16O4S/c1-3-17-13(16)10-6-5-9(8-12(14)15)11(7-10)18-4-2/h5-7H,3-4,8H2,1-2H3,(H,14,15). The lowest BCUT2D eigenvalue weighted by molar-refractivity contribution is -0.136. The summed E-state index contributed by atoms with van der Waals surface area (Å²) in [6.07, 6.45) is -0.0363.